The third-order valence-electron chi connectivity index (χ3n) is 3.33. The lowest BCUT2D eigenvalue weighted by atomic mass is 9.97. The largest absolute Gasteiger partial charge is 0.385 e. The van der Waals surface area contributed by atoms with Gasteiger partial charge >= 0.3 is 0 Å². The molecule has 1 heterocycles. The van der Waals surface area contributed by atoms with E-state index in [2.05, 4.69) is 23.6 Å². The lowest BCUT2D eigenvalue weighted by molar-refractivity contribution is 0.0938. The van der Waals surface area contributed by atoms with Crippen LogP contribution in [0.1, 0.15) is 42.6 Å². The maximum Gasteiger partial charge on any atom is 0.251 e. The van der Waals surface area contributed by atoms with Gasteiger partial charge in [-0.1, -0.05) is 13.0 Å². The molecule has 0 aliphatic carbocycles. The third-order valence-corrected chi connectivity index (χ3v) is 3.33. The SMILES string of the molecule is CCC(C)NC(=O)c1cccc2c1CCCN2.Cl. The van der Waals surface area contributed by atoms with Crippen molar-refractivity contribution in [1.82, 2.24) is 5.32 Å². The van der Waals surface area contributed by atoms with Gasteiger partial charge in [-0.2, -0.15) is 0 Å². The number of amides is 1. The van der Waals surface area contributed by atoms with Gasteiger partial charge in [0.15, 0.2) is 0 Å². The molecule has 2 N–H and O–H groups in total. The third kappa shape index (κ3) is 3.16. The average Bonchev–Trinajstić information content (AvgIpc) is 2.37. The highest BCUT2D eigenvalue weighted by molar-refractivity contribution is 5.97. The molecule has 4 heteroatoms. The molecule has 1 aromatic rings. The quantitative estimate of drug-likeness (QED) is 0.885. The smallest absolute Gasteiger partial charge is 0.251 e. The van der Waals surface area contributed by atoms with Gasteiger partial charge in [0.05, 0.1) is 0 Å². The van der Waals surface area contributed by atoms with Crippen LogP contribution in [-0.2, 0) is 6.42 Å². The molecule has 1 atom stereocenters. The number of carbonyl (C=O) groups is 1. The predicted octanol–water partition coefficient (Wildman–Crippen LogP) is 2.99. The van der Waals surface area contributed by atoms with Crippen molar-refractivity contribution in [2.24, 2.45) is 0 Å². The number of anilines is 1. The molecule has 0 saturated heterocycles. The Bertz CT molecular complexity index is 420. The summed E-state index contributed by atoms with van der Waals surface area (Å²) in [6, 6.07) is 6.15. The zero-order chi connectivity index (χ0) is 12.3. The highest BCUT2D eigenvalue weighted by atomic mass is 35.5. The fourth-order valence-corrected chi connectivity index (χ4v) is 2.13. The van der Waals surface area contributed by atoms with Gasteiger partial charge < -0.3 is 10.6 Å². The zero-order valence-electron chi connectivity index (χ0n) is 11.0. The minimum Gasteiger partial charge on any atom is -0.385 e. The molecule has 0 saturated carbocycles. The lowest BCUT2D eigenvalue weighted by Crippen LogP contribution is -2.33. The van der Waals surface area contributed by atoms with E-state index in [1.807, 2.05) is 19.1 Å². The summed E-state index contributed by atoms with van der Waals surface area (Å²) in [7, 11) is 0. The van der Waals surface area contributed by atoms with Crippen LogP contribution in [0.15, 0.2) is 18.2 Å². The van der Waals surface area contributed by atoms with E-state index in [1.165, 1.54) is 5.56 Å². The van der Waals surface area contributed by atoms with Crippen LogP contribution in [0.25, 0.3) is 0 Å². The Morgan fingerprint density at radius 2 is 2.28 bits per heavy atom. The summed E-state index contributed by atoms with van der Waals surface area (Å²) in [5.41, 5.74) is 3.11. The summed E-state index contributed by atoms with van der Waals surface area (Å²) >= 11 is 0. The van der Waals surface area contributed by atoms with Gasteiger partial charge in [-0.15, -0.1) is 12.4 Å². The Kier molecular flexibility index (Phi) is 5.48. The molecule has 18 heavy (non-hydrogen) atoms. The number of carbonyl (C=O) groups excluding carboxylic acids is 1. The molecule has 0 radical (unpaired) electrons. The molecular formula is C14H21ClN2O. The number of benzene rings is 1. The Balaban J connectivity index is 0.00000162. The van der Waals surface area contributed by atoms with Crippen LogP contribution >= 0.6 is 12.4 Å². The Hall–Kier alpha value is -1.22. The molecular weight excluding hydrogens is 248 g/mol. The van der Waals surface area contributed by atoms with Gasteiger partial charge in [-0.25, -0.2) is 0 Å². The van der Waals surface area contributed by atoms with Crippen LogP contribution in [-0.4, -0.2) is 18.5 Å². The lowest BCUT2D eigenvalue weighted by Gasteiger charge is -2.21. The summed E-state index contributed by atoms with van der Waals surface area (Å²) < 4.78 is 0. The first-order valence-corrected chi connectivity index (χ1v) is 6.39. The molecule has 1 aliphatic rings. The number of rotatable bonds is 3. The topological polar surface area (TPSA) is 41.1 Å². The first-order chi connectivity index (χ1) is 8.22. The predicted molar refractivity (Wildman–Crippen MR) is 77.7 cm³/mol. The Morgan fingerprint density at radius 1 is 1.50 bits per heavy atom. The van der Waals surface area contributed by atoms with E-state index in [0.717, 1.165) is 37.1 Å². The number of fused-ring (bicyclic) bond motifs is 1. The normalized spacial score (nSPS) is 14.8. The second kappa shape index (κ2) is 6.64. The zero-order valence-corrected chi connectivity index (χ0v) is 11.8. The minimum atomic E-state index is 0. The fourth-order valence-electron chi connectivity index (χ4n) is 2.13. The molecule has 1 amide bonds. The summed E-state index contributed by atoms with van der Waals surface area (Å²) in [5, 5.41) is 6.37. The number of hydrogen-bond acceptors (Lipinski definition) is 2. The van der Waals surface area contributed by atoms with Crippen molar-refractivity contribution in [3.05, 3.63) is 29.3 Å². The van der Waals surface area contributed by atoms with Crippen molar-refractivity contribution in [2.75, 3.05) is 11.9 Å². The molecule has 1 aromatic carbocycles. The summed E-state index contributed by atoms with van der Waals surface area (Å²) in [5.74, 6) is 0.0555. The van der Waals surface area contributed by atoms with Gasteiger partial charge in [0.2, 0.25) is 0 Å². The van der Waals surface area contributed by atoms with Gasteiger partial charge in [0, 0.05) is 23.8 Å². The van der Waals surface area contributed by atoms with E-state index in [9.17, 15) is 4.79 Å². The van der Waals surface area contributed by atoms with E-state index in [1.54, 1.807) is 0 Å². The van der Waals surface area contributed by atoms with Crippen molar-refractivity contribution >= 4 is 24.0 Å². The molecule has 1 unspecified atom stereocenters. The Morgan fingerprint density at radius 3 is 3.00 bits per heavy atom. The maximum absolute atomic E-state index is 12.1. The fraction of sp³-hybridized carbons (Fsp3) is 0.500. The van der Waals surface area contributed by atoms with Crippen LogP contribution in [0, 0.1) is 0 Å². The van der Waals surface area contributed by atoms with Crippen molar-refractivity contribution in [1.29, 1.82) is 0 Å². The number of hydrogen-bond donors (Lipinski definition) is 2. The van der Waals surface area contributed by atoms with Crippen molar-refractivity contribution in [2.45, 2.75) is 39.2 Å². The molecule has 2 rings (SSSR count). The van der Waals surface area contributed by atoms with Crippen LogP contribution < -0.4 is 10.6 Å². The van der Waals surface area contributed by atoms with Gasteiger partial charge in [-0.3, -0.25) is 4.79 Å². The van der Waals surface area contributed by atoms with E-state index >= 15 is 0 Å². The molecule has 1 aliphatic heterocycles. The summed E-state index contributed by atoms with van der Waals surface area (Å²) in [6.45, 7) is 5.11. The average molecular weight is 269 g/mol. The van der Waals surface area contributed by atoms with E-state index < -0.39 is 0 Å². The first-order valence-electron chi connectivity index (χ1n) is 6.39. The van der Waals surface area contributed by atoms with Crippen LogP contribution in [0.3, 0.4) is 0 Å². The second-order valence-corrected chi connectivity index (χ2v) is 4.64. The monoisotopic (exact) mass is 268 g/mol. The highest BCUT2D eigenvalue weighted by Gasteiger charge is 2.17. The van der Waals surface area contributed by atoms with E-state index in [4.69, 9.17) is 0 Å². The highest BCUT2D eigenvalue weighted by Crippen LogP contribution is 2.25. The maximum atomic E-state index is 12.1. The van der Waals surface area contributed by atoms with Crippen molar-refractivity contribution < 1.29 is 4.79 Å². The van der Waals surface area contributed by atoms with Crippen molar-refractivity contribution in [3.8, 4) is 0 Å². The van der Waals surface area contributed by atoms with Crippen LogP contribution in [0.4, 0.5) is 5.69 Å². The van der Waals surface area contributed by atoms with E-state index in [-0.39, 0.29) is 24.4 Å². The van der Waals surface area contributed by atoms with Crippen molar-refractivity contribution in [3.63, 3.8) is 0 Å². The molecule has 3 nitrogen and oxygen atoms in total. The van der Waals surface area contributed by atoms with Gasteiger partial charge in [-0.05, 0) is 43.9 Å². The second-order valence-electron chi connectivity index (χ2n) is 4.64. The molecule has 0 spiro atoms. The summed E-state index contributed by atoms with van der Waals surface area (Å²) in [4.78, 5) is 12.1. The molecule has 0 bridgehead atoms. The Labute approximate surface area is 115 Å². The first kappa shape index (κ1) is 14.8. The van der Waals surface area contributed by atoms with Crippen LogP contribution in [0.2, 0.25) is 0 Å². The molecule has 0 fully saturated rings. The van der Waals surface area contributed by atoms with E-state index in [0.29, 0.717) is 0 Å². The number of nitrogens with one attached hydrogen (secondary N) is 2. The minimum absolute atomic E-state index is 0. The van der Waals surface area contributed by atoms with Gasteiger partial charge in [0.1, 0.15) is 0 Å². The number of halogens is 1. The molecule has 0 aromatic heterocycles. The molecule has 100 valence electrons. The standard InChI is InChI=1S/C14H20N2O.ClH/c1-3-10(2)16-14(17)12-6-4-8-13-11(12)7-5-9-15-13;/h4,6,8,10,15H,3,5,7,9H2,1-2H3,(H,16,17);1H. The van der Waals surface area contributed by atoms with Gasteiger partial charge in [0.25, 0.3) is 5.91 Å². The summed E-state index contributed by atoms with van der Waals surface area (Å²) in [6.07, 6.45) is 3.05. The van der Waals surface area contributed by atoms with Crippen LogP contribution in [0.5, 0.6) is 0 Å².